The molecule has 36 heavy (non-hydrogen) atoms. The lowest BCUT2D eigenvalue weighted by molar-refractivity contribution is -0.401. The molecule has 2 aliphatic rings. The Hall–Kier alpha value is -3.91. The topological polar surface area (TPSA) is 12.2 Å². The van der Waals surface area contributed by atoms with E-state index in [1.54, 1.807) is 0 Å². The van der Waals surface area contributed by atoms with Gasteiger partial charge < -0.3 is 4.74 Å². The summed E-state index contributed by atoms with van der Waals surface area (Å²) >= 11 is 0. The second-order valence-corrected chi connectivity index (χ2v) is 10.1. The SMILES string of the molecule is CCc1ccc(C2=CC(c3ccc(C)cc3)=CC(=CC=CC3=[N+](C)c4ccccc4C3(C)C)O2)cc1. The van der Waals surface area contributed by atoms with E-state index < -0.39 is 0 Å². The lowest BCUT2D eigenvalue weighted by Gasteiger charge is -2.18. The maximum absolute atomic E-state index is 6.40. The summed E-state index contributed by atoms with van der Waals surface area (Å²) in [5, 5.41) is 0. The molecule has 0 spiro atoms. The summed E-state index contributed by atoms with van der Waals surface area (Å²) in [7, 11) is 2.15. The van der Waals surface area contributed by atoms with Gasteiger partial charge in [0.15, 0.2) is 5.71 Å². The molecule has 0 radical (unpaired) electrons. The molecule has 2 heterocycles. The molecule has 0 saturated heterocycles. The summed E-state index contributed by atoms with van der Waals surface area (Å²) in [5.74, 6) is 1.70. The zero-order valence-electron chi connectivity index (χ0n) is 21.9. The van der Waals surface area contributed by atoms with Crippen molar-refractivity contribution in [1.29, 1.82) is 0 Å². The maximum atomic E-state index is 6.40. The first kappa shape index (κ1) is 23.8. The second kappa shape index (κ2) is 9.62. The number of hydrogen-bond donors (Lipinski definition) is 0. The van der Waals surface area contributed by atoms with Gasteiger partial charge in [0.05, 0.1) is 5.41 Å². The second-order valence-electron chi connectivity index (χ2n) is 10.1. The number of rotatable bonds is 5. The van der Waals surface area contributed by atoms with Crippen LogP contribution < -0.4 is 0 Å². The van der Waals surface area contributed by atoms with E-state index in [0.717, 1.165) is 29.1 Å². The van der Waals surface area contributed by atoms with Crippen molar-refractivity contribution in [2.45, 2.75) is 39.5 Å². The van der Waals surface area contributed by atoms with Gasteiger partial charge >= 0.3 is 0 Å². The van der Waals surface area contributed by atoms with Gasteiger partial charge in [0.1, 0.15) is 18.6 Å². The summed E-state index contributed by atoms with van der Waals surface area (Å²) in [6.45, 7) is 8.87. The molecule has 0 unspecified atom stereocenters. The van der Waals surface area contributed by atoms with Crippen molar-refractivity contribution >= 4 is 22.7 Å². The highest BCUT2D eigenvalue weighted by molar-refractivity contribution is 6.03. The summed E-state index contributed by atoms with van der Waals surface area (Å²) in [6.07, 6.45) is 11.7. The molecule has 0 atom stereocenters. The van der Waals surface area contributed by atoms with Crippen LogP contribution in [0.5, 0.6) is 0 Å². The van der Waals surface area contributed by atoms with E-state index in [9.17, 15) is 0 Å². The Morgan fingerprint density at radius 3 is 2.25 bits per heavy atom. The third-order valence-corrected chi connectivity index (χ3v) is 7.30. The molecular weight excluding hydrogens is 438 g/mol. The number of hydrogen-bond acceptors (Lipinski definition) is 1. The normalized spacial score (nSPS) is 17.8. The quantitative estimate of drug-likeness (QED) is 0.341. The third-order valence-electron chi connectivity index (χ3n) is 7.30. The minimum absolute atomic E-state index is 0.0528. The number of aryl methyl sites for hydroxylation is 2. The first-order chi connectivity index (χ1) is 17.4. The summed E-state index contributed by atoms with van der Waals surface area (Å²) in [6, 6.07) is 26.0. The van der Waals surface area contributed by atoms with Gasteiger partial charge in [-0.05, 0) is 62.1 Å². The summed E-state index contributed by atoms with van der Waals surface area (Å²) < 4.78 is 8.69. The zero-order valence-corrected chi connectivity index (χ0v) is 21.9. The minimum atomic E-state index is -0.0528. The largest absolute Gasteiger partial charge is 0.457 e. The van der Waals surface area contributed by atoms with Crippen LogP contribution in [0, 0.1) is 6.92 Å². The molecule has 5 rings (SSSR count). The molecule has 0 fully saturated rings. The Labute approximate surface area is 215 Å². The number of allylic oxidation sites excluding steroid dienone is 6. The van der Waals surface area contributed by atoms with Crippen LogP contribution in [0.2, 0.25) is 0 Å². The van der Waals surface area contributed by atoms with Crippen LogP contribution in [0.15, 0.2) is 109 Å². The van der Waals surface area contributed by atoms with Crippen molar-refractivity contribution in [3.05, 3.63) is 137 Å². The Bertz CT molecular complexity index is 1440. The fourth-order valence-electron chi connectivity index (χ4n) is 5.10. The predicted molar refractivity (Wildman–Crippen MR) is 152 cm³/mol. The van der Waals surface area contributed by atoms with Gasteiger partial charge in [0, 0.05) is 23.3 Å². The molecule has 0 saturated carbocycles. The summed E-state index contributed by atoms with van der Waals surface area (Å²) in [4.78, 5) is 0. The number of ether oxygens (including phenoxy) is 1. The first-order valence-corrected chi connectivity index (χ1v) is 12.7. The zero-order chi connectivity index (χ0) is 25.3. The Morgan fingerprint density at radius 1 is 0.861 bits per heavy atom. The van der Waals surface area contributed by atoms with Gasteiger partial charge in [-0.2, -0.15) is 4.58 Å². The van der Waals surface area contributed by atoms with Crippen LogP contribution in [0.1, 0.15) is 48.6 Å². The van der Waals surface area contributed by atoms with E-state index in [4.69, 9.17) is 4.74 Å². The van der Waals surface area contributed by atoms with Gasteiger partial charge in [-0.1, -0.05) is 85.3 Å². The molecule has 180 valence electrons. The predicted octanol–water partition coefficient (Wildman–Crippen LogP) is 8.16. The van der Waals surface area contributed by atoms with Gasteiger partial charge in [-0.25, -0.2) is 0 Å². The van der Waals surface area contributed by atoms with Crippen LogP contribution in [0.25, 0.3) is 11.3 Å². The van der Waals surface area contributed by atoms with Crippen LogP contribution in [0.4, 0.5) is 5.69 Å². The number of nitrogens with zero attached hydrogens (tertiary/aromatic N) is 1. The van der Waals surface area contributed by atoms with E-state index in [1.165, 1.54) is 33.7 Å². The van der Waals surface area contributed by atoms with Gasteiger partial charge in [0.25, 0.3) is 0 Å². The van der Waals surface area contributed by atoms with E-state index in [2.05, 4.69) is 142 Å². The molecule has 2 nitrogen and oxygen atoms in total. The van der Waals surface area contributed by atoms with E-state index in [0.29, 0.717) is 0 Å². The Morgan fingerprint density at radius 2 is 1.56 bits per heavy atom. The Balaban J connectivity index is 1.49. The average molecular weight is 473 g/mol. The van der Waals surface area contributed by atoms with E-state index >= 15 is 0 Å². The van der Waals surface area contributed by atoms with Crippen molar-refractivity contribution in [3.63, 3.8) is 0 Å². The standard InChI is InChI=1S/C34H34NO/c1-6-25-16-20-27(21-17-25)32-23-28(26-18-14-24(2)15-19-26)22-29(36-32)10-9-13-33-34(3,4)30-11-7-8-12-31(30)35(33)5/h7-23H,6H2,1-5H3/q+1. The van der Waals surface area contributed by atoms with Gasteiger partial charge in [-0.15, -0.1) is 0 Å². The third kappa shape index (κ3) is 4.52. The Kier molecular flexibility index (Phi) is 6.36. The molecule has 0 N–H and O–H groups in total. The van der Waals surface area contributed by atoms with Crippen molar-refractivity contribution in [2.75, 3.05) is 7.05 Å². The first-order valence-electron chi connectivity index (χ1n) is 12.7. The summed E-state index contributed by atoms with van der Waals surface area (Å²) in [5.41, 5.74) is 9.84. The highest BCUT2D eigenvalue weighted by Gasteiger charge is 2.42. The molecule has 0 aliphatic carbocycles. The van der Waals surface area contributed by atoms with Crippen LogP contribution >= 0.6 is 0 Å². The molecule has 2 heteroatoms. The molecule has 0 amide bonds. The van der Waals surface area contributed by atoms with Gasteiger partial charge in [-0.3, -0.25) is 0 Å². The highest BCUT2D eigenvalue weighted by Crippen LogP contribution is 2.39. The van der Waals surface area contributed by atoms with Crippen molar-refractivity contribution in [3.8, 4) is 0 Å². The number of para-hydroxylation sites is 1. The maximum Gasteiger partial charge on any atom is 0.209 e. The minimum Gasteiger partial charge on any atom is -0.457 e. The lowest BCUT2D eigenvalue weighted by atomic mass is 9.81. The van der Waals surface area contributed by atoms with E-state index in [-0.39, 0.29) is 5.41 Å². The van der Waals surface area contributed by atoms with Crippen molar-refractivity contribution in [2.24, 2.45) is 0 Å². The lowest BCUT2D eigenvalue weighted by Crippen LogP contribution is -2.26. The molecule has 3 aromatic rings. The molecular formula is C34H34NO+. The van der Waals surface area contributed by atoms with Crippen LogP contribution in [0.3, 0.4) is 0 Å². The fraction of sp³-hybridized carbons (Fsp3) is 0.206. The van der Waals surface area contributed by atoms with Crippen molar-refractivity contribution in [1.82, 2.24) is 0 Å². The van der Waals surface area contributed by atoms with Crippen LogP contribution in [-0.4, -0.2) is 17.3 Å². The molecule has 0 bridgehead atoms. The van der Waals surface area contributed by atoms with Crippen molar-refractivity contribution < 1.29 is 9.31 Å². The average Bonchev–Trinajstić information content (AvgIpc) is 3.09. The molecule has 2 aliphatic heterocycles. The van der Waals surface area contributed by atoms with Gasteiger partial charge in [0.2, 0.25) is 5.69 Å². The molecule has 0 aromatic heterocycles. The smallest absolute Gasteiger partial charge is 0.209 e. The van der Waals surface area contributed by atoms with Crippen LogP contribution in [-0.2, 0) is 16.6 Å². The number of benzene rings is 3. The fourth-order valence-corrected chi connectivity index (χ4v) is 5.10. The number of fused-ring (bicyclic) bond motifs is 1. The molecule has 3 aromatic carbocycles. The van der Waals surface area contributed by atoms with E-state index in [1.807, 2.05) is 0 Å². The monoisotopic (exact) mass is 472 g/mol. The highest BCUT2D eigenvalue weighted by atomic mass is 16.5.